The Morgan fingerprint density at radius 2 is 2.08 bits per heavy atom. The highest BCUT2D eigenvalue weighted by molar-refractivity contribution is 9.09. The van der Waals surface area contributed by atoms with Crippen LogP contribution in [0.3, 0.4) is 0 Å². The van der Waals surface area contributed by atoms with Crippen LogP contribution in [0.25, 0.3) is 0 Å². The van der Waals surface area contributed by atoms with Gasteiger partial charge in [-0.1, -0.05) is 15.9 Å². The number of carbonyl (C=O) groups excluding carboxylic acids is 1. The highest BCUT2D eigenvalue weighted by Crippen LogP contribution is 1.98. The molecule has 0 radical (unpaired) electrons. The SMILES string of the molecule is CN(CCCCCO)C(=O)CBr. The molecule has 1 amide bonds. The number of alkyl halides is 1. The second-order valence-electron chi connectivity index (χ2n) is 2.73. The Bertz CT molecular complexity index is 130. The Morgan fingerprint density at radius 1 is 1.42 bits per heavy atom. The molecule has 72 valence electrons. The third-order valence-electron chi connectivity index (χ3n) is 1.69. The third-order valence-corrected chi connectivity index (χ3v) is 2.17. The average molecular weight is 238 g/mol. The van der Waals surface area contributed by atoms with E-state index in [0.717, 1.165) is 25.8 Å². The van der Waals surface area contributed by atoms with Crippen molar-refractivity contribution >= 4 is 21.8 Å². The Balaban J connectivity index is 3.31. The first-order valence-electron chi connectivity index (χ1n) is 4.13. The van der Waals surface area contributed by atoms with Gasteiger partial charge in [-0.05, 0) is 19.3 Å². The molecule has 0 aromatic heterocycles. The Kier molecular flexibility index (Phi) is 7.50. The van der Waals surface area contributed by atoms with Crippen molar-refractivity contribution in [2.75, 3.05) is 25.5 Å². The summed E-state index contributed by atoms with van der Waals surface area (Å²) >= 11 is 3.11. The van der Waals surface area contributed by atoms with Crippen LogP contribution in [0.1, 0.15) is 19.3 Å². The second-order valence-corrected chi connectivity index (χ2v) is 3.29. The molecule has 0 aromatic carbocycles. The topological polar surface area (TPSA) is 40.5 Å². The van der Waals surface area contributed by atoms with Gasteiger partial charge in [-0.2, -0.15) is 0 Å². The fourth-order valence-corrected chi connectivity index (χ4v) is 1.29. The minimum Gasteiger partial charge on any atom is -0.396 e. The van der Waals surface area contributed by atoms with Crippen molar-refractivity contribution < 1.29 is 9.90 Å². The molecule has 0 aliphatic heterocycles. The summed E-state index contributed by atoms with van der Waals surface area (Å²) in [4.78, 5) is 12.7. The molecule has 3 nitrogen and oxygen atoms in total. The lowest BCUT2D eigenvalue weighted by Crippen LogP contribution is -2.28. The van der Waals surface area contributed by atoms with Gasteiger partial charge in [-0.25, -0.2) is 0 Å². The molecule has 0 spiro atoms. The van der Waals surface area contributed by atoms with Gasteiger partial charge in [0.25, 0.3) is 0 Å². The van der Waals surface area contributed by atoms with Crippen LogP contribution < -0.4 is 0 Å². The van der Waals surface area contributed by atoms with Gasteiger partial charge in [0, 0.05) is 20.2 Å². The molecular formula is C8H16BrNO2. The maximum atomic E-state index is 11.0. The van der Waals surface area contributed by atoms with E-state index in [0.29, 0.717) is 5.33 Å². The smallest absolute Gasteiger partial charge is 0.232 e. The molecule has 0 saturated carbocycles. The van der Waals surface area contributed by atoms with Crippen molar-refractivity contribution in [3.8, 4) is 0 Å². The minimum absolute atomic E-state index is 0.110. The van der Waals surface area contributed by atoms with Gasteiger partial charge < -0.3 is 10.0 Å². The predicted molar refractivity (Wildman–Crippen MR) is 52.4 cm³/mol. The lowest BCUT2D eigenvalue weighted by Gasteiger charge is -2.14. The van der Waals surface area contributed by atoms with Gasteiger partial charge in [-0.3, -0.25) is 4.79 Å². The summed E-state index contributed by atoms with van der Waals surface area (Å²) in [6, 6.07) is 0. The molecule has 0 rings (SSSR count). The summed E-state index contributed by atoms with van der Waals surface area (Å²) in [6.45, 7) is 1.03. The van der Waals surface area contributed by atoms with Crippen LogP contribution in [-0.2, 0) is 4.79 Å². The van der Waals surface area contributed by atoms with Gasteiger partial charge in [0.15, 0.2) is 0 Å². The fraction of sp³-hybridized carbons (Fsp3) is 0.875. The lowest BCUT2D eigenvalue weighted by molar-refractivity contribution is -0.127. The lowest BCUT2D eigenvalue weighted by atomic mass is 10.2. The number of unbranched alkanes of at least 4 members (excludes halogenated alkanes) is 2. The van der Waals surface area contributed by atoms with E-state index < -0.39 is 0 Å². The molecule has 12 heavy (non-hydrogen) atoms. The number of hydrogen-bond acceptors (Lipinski definition) is 2. The van der Waals surface area contributed by atoms with Crippen LogP contribution in [0.5, 0.6) is 0 Å². The van der Waals surface area contributed by atoms with Crippen LogP contribution in [0, 0.1) is 0 Å². The highest BCUT2D eigenvalue weighted by Gasteiger charge is 2.04. The molecule has 0 fully saturated rings. The average Bonchev–Trinajstić information content (AvgIpc) is 2.10. The van der Waals surface area contributed by atoms with Crippen LogP contribution in [0.4, 0.5) is 0 Å². The number of halogens is 1. The maximum Gasteiger partial charge on any atom is 0.232 e. The fourth-order valence-electron chi connectivity index (χ4n) is 0.864. The molecule has 0 aromatic rings. The third kappa shape index (κ3) is 5.55. The number of hydrogen-bond donors (Lipinski definition) is 1. The van der Waals surface area contributed by atoms with Crippen molar-refractivity contribution in [3.63, 3.8) is 0 Å². The van der Waals surface area contributed by atoms with E-state index in [1.165, 1.54) is 0 Å². The summed E-state index contributed by atoms with van der Waals surface area (Å²) < 4.78 is 0. The standard InChI is InChI=1S/C8H16BrNO2/c1-10(8(12)7-9)5-3-2-4-6-11/h11H,2-7H2,1H3. The summed E-state index contributed by atoms with van der Waals surface area (Å²) in [6.07, 6.45) is 2.78. The molecule has 0 bridgehead atoms. The largest absolute Gasteiger partial charge is 0.396 e. The quantitative estimate of drug-likeness (QED) is 0.554. The normalized spacial score (nSPS) is 9.92. The number of carbonyl (C=O) groups is 1. The number of amides is 1. The van der Waals surface area contributed by atoms with Crippen LogP contribution in [0.15, 0.2) is 0 Å². The Labute approximate surface area is 81.9 Å². The molecule has 4 heteroatoms. The van der Waals surface area contributed by atoms with Gasteiger partial charge in [0.2, 0.25) is 5.91 Å². The van der Waals surface area contributed by atoms with Gasteiger partial charge >= 0.3 is 0 Å². The number of aliphatic hydroxyl groups excluding tert-OH is 1. The van der Waals surface area contributed by atoms with Crippen molar-refractivity contribution in [1.29, 1.82) is 0 Å². The first-order chi connectivity index (χ1) is 5.72. The summed E-state index contributed by atoms with van der Waals surface area (Å²) in [5.74, 6) is 0.110. The van der Waals surface area contributed by atoms with E-state index in [9.17, 15) is 4.79 Å². The number of nitrogens with zero attached hydrogens (tertiary/aromatic N) is 1. The number of aliphatic hydroxyl groups is 1. The molecular weight excluding hydrogens is 222 g/mol. The van der Waals surface area contributed by atoms with Crippen molar-refractivity contribution in [1.82, 2.24) is 4.90 Å². The van der Waals surface area contributed by atoms with Gasteiger partial charge in [0.05, 0.1) is 5.33 Å². The molecule has 0 unspecified atom stereocenters. The zero-order valence-electron chi connectivity index (χ0n) is 7.42. The monoisotopic (exact) mass is 237 g/mol. The molecule has 0 atom stereocenters. The molecule has 0 aliphatic rings. The van der Waals surface area contributed by atoms with E-state index in [1.807, 2.05) is 0 Å². The highest BCUT2D eigenvalue weighted by atomic mass is 79.9. The minimum atomic E-state index is 0.110. The van der Waals surface area contributed by atoms with E-state index >= 15 is 0 Å². The van der Waals surface area contributed by atoms with E-state index in [2.05, 4.69) is 15.9 Å². The van der Waals surface area contributed by atoms with Crippen LogP contribution in [-0.4, -0.2) is 41.4 Å². The Morgan fingerprint density at radius 3 is 2.58 bits per heavy atom. The second kappa shape index (κ2) is 7.55. The van der Waals surface area contributed by atoms with E-state index in [-0.39, 0.29) is 12.5 Å². The molecule has 0 aliphatic carbocycles. The van der Waals surface area contributed by atoms with E-state index in [4.69, 9.17) is 5.11 Å². The first kappa shape index (κ1) is 11.9. The zero-order chi connectivity index (χ0) is 9.40. The van der Waals surface area contributed by atoms with Crippen molar-refractivity contribution in [2.24, 2.45) is 0 Å². The zero-order valence-corrected chi connectivity index (χ0v) is 9.01. The Hall–Kier alpha value is -0.0900. The molecule has 0 heterocycles. The van der Waals surface area contributed by atoms with Gasteiger partial charge in [0.1, 0.15) is 0 Å². The first-order valence-corrected chi connectivity index (χ1v) is 5.25. The number of rotatable bonds is 6. The predicted octanol–water partition coefficient (Wildman–Crippen LogP) is 1.00. The molecule has 1 N–H and O–H groups in total. The molecule has 0 saturated heterocycles. The van der Waals surface area contributed by atoms with Gasteiger partial charge in [-0.15, -0.1) is 0 Å². The van der Waals surface area contributed by atoms with Crippen molar-refractivity contribution in [2.45, 2.75) is 19.3 Å². The summed E-state index contributed by atoms with van der Waals surface area (Å²) in [5.41, 5.74) is 0. The van der Waals surface area contributed by atoms with Crippen molar-refractivity contribution in [3.05, 3.63) is 0 Å². The maximum absolute atomic E-state index is 11.0. The van der Waals surface area contributed by atoms with E-state index in [1.54, 1.807) is 11.9 Å². The van der Waals surface area contributed by atoms with Crippen LogP contribution in [0.2, 0.25) is 0 Å². The summed E-state index contributed by atoms with van der Waals surface area (Å²) in [5, 5.41) is 8.89. The summed E-state index contributed by atoms with van der Waals surface area (Å²) in [7, 11) is 1.79. The van der Waals surface area contributed by atoms with Crippen LogP contribution >= 0.6 is 15.9 Å².